The molecule has 0 aromatic heterocycles. The molecule has 0 atom stereocenters. The molecule has 8 heteroatoms. The Morgan fingerprint density at radius 2 is 1.88 bits per heavy atom. The van der Waals surface area contributed by atoms with Crippen molar-refractivity contribution in [3.8, 4) is 5.75 Å². The van der Waals surface area contributed by atoms with E-state index in [9.17, 15) is 9.90 Å². The molecule has 1 amide bonds. The summed E-state index contributed by atoms with van der Waals surface area (Å²) >= 11 is 24.2. The molecule has 0 aliphatic carbocycles. The average molecular weight is 417 g/mol. The van der Waals surface area contributed by atoms with Crippen LogP contribution < -0.4 is 4.90 Å². The molecule has 0 bridgehead atoms. The van der Waals surface area contributed by atoms with E-state index in [0.29, 0.717) is 30.5 Å². The lowest BCUT2D eigenvalue weighted by Crippen LogP contribution is -2.27. The van der Waals surface area contributed by atoms with Crippen molar-refractivity contribution in [2.45, 2.75) is 0 Å². The van der Waals surface area contributed by atoms with Crippen LogP contribution in [-0.2, 0) is 4.79 Å². The summed E-state index contributed by atoms with van der Waals surface area (Å²) in [4.78, 5) is 14.4. The van der Waals surface area contributed by atoms with E-state index < -0.39 is 0 Å². The van der Waals surface area contributed by atoms with Crippen LogP contribution in [0.15, 0.2) is 41.3 Å². The summed E-state index contributed by atoms with van der Waals surface area (Å²) < 4.78 is 0.376. The van der Waals surface area contributed by atoms with Gasteiger partial charge in [-0.05, 0) is 36.4 Å². The third kappa shape index (κ3) is 3.41. The number of amides is 1. The van der Waals surface area contributed by atoms with Crippen molar-refractivity contribution in [2.75, 3.05) is 4.90 Å². The third-order valence-corrected chi connectivity index (χ3v) is 5.25. The highest BCUT2D eigenvalue weighted by molar-refractivity contribution is 8.27. The van der Waals surface area contributed by atoms with Crippen LogP contribution in [0.1, 0.15) is 5.56 Å². The minimum Gasteiger partial charge on any atom is -0.506 e. The van der Waals surface area contributed by atoms with Gasteiger partial charge in [0.2, 0.25) is 0 Å². The van der Waals surface area contributed by atoms with Gasteiger partial charge in [-0.2, -0.15) is 0 Å². The summed E-state index contributed by atoms with van der Waals surface area (Å²) in [5.41, 5.74) is 0.931. The molecular formula is C16H8Cl3NO2S2. The number of nitrogens with zero attached hydrogens (tertiary/aromatic N) is 1. The summed E-state index contributed by atoms with van der Waals surface area (Å²) in [7, 11) is 0. The number of carbonyl (C=O) groups excluding carboxylic acids is 1. The molecule has 0 spiro atoms. The van der Waals surface area contributed by atoms with Crippen molar-refractivity contribution in [3.05, 3.63) is 61.9 Å². The maximum Gasteiger partial charge on any atom is 0.270 e. The number of phenols is 1. The fourth-order valence-electron chi connectivity index (χ4n) is 2.14. The minimum absolute atomic E-state index is 0.110. The first-order valence-electron chi connectivity index (χ1n) is 6.58. The van der Waals surface area contributed by atoms with E-state index in [1.54, 1.807) is 24.3 Å². The lowest BCUT2D eigenvalue weighted by molar-refractivity contribution is -0.113. The molecule has 1 aliphatic heterocycles. The zero-order valence-corrected chi connectivity index (χ0v) is 15.7. The maximum absolute atomic E-state index is 12.7. The van der Waals surface area contributed by atoms with Crippen molar-refractivity contribution in [1.29, 1.82) is 0 Å². The van der Waals surface area contributed by atoms with Crippen molar-refractivity contribution in [2.24, 2.45) is 0 Å². The van der Waals surface area contributed by atoms with Gasteiger partial charge in [0, 0.05) is 15.6 Å². The van der Waals surface area contributed by atoms with E-state index in [1.165, 1.54) is 23.1 Å². The van der Waals surface area contributed by atoms with Crippen molar-refractivity contribution in [1.82, 2.24) is 0 Å². The Morgan fingerprint density at radius 3 is 2.58 bits per heavy atom. The van der Waals surface area contributed by atoms with Crippen molar-refractivity contribution in [3.63, 3.8) is 0 Å². The summed E-state index contributed by atoms with van der Waals surface area (Å²) in [5.74, 6) is -0.447. The van der Waals surface area contributed by atoms with Crippen LogP contribution in [-0.4, -0.2) is 15.3 Å². The topological polar surface area (TPSA) is 40.5 Å². The molecule has 1 heterocycles. The number of halogens is 3. The molecule has 1 saturated heterocycles. The van der Waals surface area contributed by atoms with Gasteiger partial charge in [-0.15, -0.1) is 0 Å². The zero-order valence-electron chi connectivity index (χ0n) is 11.8. The second-order valence-electron chi connectivity index (χ2n) is 4.82. The number of carbonyl (C=O) groups is 1. The number of thioether (sulfide) groups is 1. The SMILES string of the molecule is O=C1/C(=C/c2cc(Cl)cc(Cl)c2O)SC(=S)N1c1cccc(Cl)c1. The predicted octanol–water partition coefficient (Wildman–Crippen LogP) is 5.76. The minimum atomic E-state index is -0.303. The van der Waals surface area contributed by atoms with Gasteiger partial charge >= 0.3 is 0 Å². The number of aromatic hydroxyl groups is 1. The van der Waals surface area contributed by atoms with Crippen molar-refractivity contribution >= 4 is 80.8 Å². The Hall–Kier alpha value is -1.24. The number of thiocarbonyl (C=S) groups is 1. The molecule has 24 heavy (non-hydrogen) atoms. The molecule has 2 aromatic carbocycles. The van der Waals surface area contributed by atoms with Gasteiger partial charge in [0.05, 0.1) is 15.6 Å². The Kier molecular flexibility index (Phi) is 5.08. The number of benzene rings is 2. The molecule has 0 unspecified atom stereocenters. The maximum atomic E-state index is 12.7. The number of anilines is 1. The van der Waals surface area contributed by atoms with E-state index in [-0.39, 0.29) is 16.7 Å². The normalized spacial score (nSPS) is 16.3. The van der Waals surface area contributed by atoms with Gasteiger partial charge in [0.25, 0.3) is 5.91 Å². The average Bonchev–Trinajstić information content (AvgIpc) is 2.78. The van der Waals surface area contributed by atoms with E-state index >= 15 is 0 Å². The van der Waals surface area contributed by atoms with Crippen LogP contribution in [0.25, 0.3) is 6.08 Å². The second kappa shape index (κ2) is 6.94. The Morgan fingerprint density at radius 1 is 1.12 bits per heavy atom. The highest BCUT2D eigenvalue weighted by Gasteiger charge is 2.33. The van der Waals surface area contributed by atoms with E-state index in [1.807, 2.05) is 0 Å². The number of hydrogen-bond acceptors (Lipinski definition) is 4. The smallest absolute Gasteiger partial charge is 0.270 e. The fourth-order valence-corrected chi connectivity index (χ4v) is 4.13. The quantitative estimate of drug-likeness (QED) is 0.499. The first-order chi connectivity index (χ1) is 11.4. The van der Waals surface area contributed by atoms with Crippen LogP contribution in [0, 0.1) is 0 Å². The lowest BCUT2D eigenvalue weighted by atomic mass is 10.2. The van der Waals surface area contributed by atoms with Crippen LogP contribution in [0.2, 0.25) is 15.1 Å². The summed E-state index contributed by atoms with van der Waals surface area (Å²) in [6, 6.07) is 9.80. The molecule has 0 saturated carbocycles. The van der Waals surface area contributed by atoms with Crippen LogP contribution in [0.3, 0.4) is 0 Å². The molecule has 1 aliphatic rings. The first-order valence-corrected chi connectivity index (χ1v) is 8.94. The third-order valence-electron chi connectivity index (χ3n) is 3.20. The fraction of sp³-hybridized carbons (Fsp3) is 0. The van der Waals surface area contributed by atoms with E-state index in [0.717, 1.165) is 11.8 Å². The van der Waals surface area contributed by atoms with Gasteiger partial charge in [0.15, 0.2) is 4.32 Å². The molecule has 2 aromatic rings. The lowest BCUT2D eigenvalue weighted by Gasteiger charge is -2.14. The predicted molar refractivity (Wildman–Crippen MR) is 105 cm³/mol. The molecular weight excluding hydrogens is 409 g/mol. The zero-order chi connectivity index (χ0) is 17.4. The molecule has 122 valence electrons. The Balaban J connectivity index is 2.00. The van der Waals surface area contributed by atoms with Crippen LogP contribution >= 0.6 is 58.8 Å². The van der Waals surface area contributed by atoms with Gasteiger partial charge in [-0.25, -0.2) is 0 Å². The molecule has 3 rings (SSSR count). The molecule has 0 radical (unpaired) electrons. The Bertz CT molecular complexity index is 899. The summed E-state index contributed by atoms with van der Waals surface area (Å²) in [6.45, 7) is 0. The van der Waals surface area contributed by atoms with Crippen LogP contribution in [0.4, 0.5) is 5.69 Å². The molecule has 1 N–H and O–H groups in total. The standard InChI is InChI=1S/C16H8Cl3NO2S2/c17-9-2-1-3-11(6-9)20-15(22)13(24-16(20)23)5-8-4-10(18)7-12(19)14(8)21/h1-7,21H/b13-5-. The molecule has 1 fully saturated rings. The van der Waals surface area contributed by atoms with Crippen molar-refractivity contribution < 1.29 is 9.90 Å². The second-order valence-corrected chi connectivity index (χ2v) is 7.78. The van der Waals surface area contributed by atoms with E-state index in [2.05, 4.69) is 0 Å². The number of rotatable bonds is 2. The highest BCUT2D eigenvalue weighted by Crippen LogP contribution is 2.39. The number of phenolic OH excluding ortho intramolecular Hbond substituents is 1. The highest BCUT2D eigenvalue weighted by atomic mass is 35.5. The van der Waals surface area contributed by atoms with Gasteiger partial charge in [0.1, 0.15) is 5.75 Å². The first kappa shape index (κ1) is 17.6. The Labute approximate surface area is 162 Å². The van der Waals surface area contributed by atoms with Gasteiger partial charge < -0.3 is 5.11 Å². The molecule has 3 nitrogen and oxygen atoms in total. The van der Waals surface area contributed by atoms with Gasteiger partial charge in [-0.3, -0.25) is 9.69 Å². The monoisotopic (exact) mass is 415 g/mol. The van der Waals surface area contributed by atoms with Crippen LogP contribution in [0.5, 0.6) is 5.75 Å². The summed E-state index contributed by atoms with van der Waals surface area (Å²) in [6.07, 6.45) is 1.51. The van der Waals surface area contributed by atoms with Gasteiger partial charge in [-0.1, -0.05) is 64.8 Å². The summed E-state index contributed by atoms with van der Waals surface area (Å²) in [5, 5.41) is 11.0. The number of hydrogen-bond donors (Lipinski definition) is 1. The van der Waals surface area contributed by atoms with E-state index in [4.69, 9.17) is 47.0 Å². The largest absolute Gasteiger partial charge is 0.506 e.